The first kappa shape index (κ1) is 10.4. The van der Waals surface area contributed by atoms with Crippen LogP contribution in [0.4, 0.5) is 0 Å². The number of nitriles is 1. The molecule has 2 rings (SSSR count). The van der Waals surface area contributed by atoms with Gasteiger partial charge >= 0.3 is 6.01 Å². The summed E-state index contributed by atoms with van der Waals surface area (Å²) in [7, 11) is 0. The molecule has 0 aliphatic rings. The first-order valence-corrected chi connectivity index (χ1v) is 4.82. The molecule has 0 saturated carbocycles. The molecule has 1 aromatic heterocycles. The molecule has 16 heavy (non-hydrogen) atoms. The van der Waals surface area contributed by atoms with Crippen LogP contribution in [0.5, 0.6) is 11.8 Å². The monoisotopic (exact) mass is 231 g/mol. The first-order valence-electron chi connectivity index (χ1n) is 4.44. The van der Waals surface area contributed by atoms with Gasteiger partial charge in [-0.2, -0.15) is 5.26 Å². The van der Waals surface area contributed by atoms with E-state index in [1.165, 1.54) is 0 Å². The standard InChI is InChI=1S/C11H6ClN3O/c12-9-3-2-8(7-13)6-10(9)16-11-14-4-1-5-15-11/h1-6H. The van der Waals surface area contributed by atoms with Crippen molar-refractivity contribution in [2.75, 3.05) is 0 Å². The molecule has 0 aliphatic carbocycles. The lowest BCUT2D eigenvalue weighted by molar-refractivity contribution is 0.442. The van der Waals surface area contributed by atoms with E-state index in [0.717, 1.165) is 0 Å². The quantitative estimate of drug-likeness (QED) is 0.797. The van der Waals surface area contributed by atoms with Crippen LogP contribution in [0.1, 0.15) is 5.56 Å². The molecule has 78 valence electrons. The van der Waals surface area contributed by atoms with Gasteiger partial charge in [-0.3, -0.25) is 0 Å². The summed E-state index contributed by atoms with van der Waals surface area (Å²) in [5, 5.41) is 9.15. The molecule has 2 aromatic rings. The Morgan fingerprint density at radius 1 is 1.25 bits per heavy atom. The second-order valence-corrected chi connectivity index (χ2v) is 3.30. The zero-order valence-electron chi connectivity index (χ0n) is 8.09. The predicted octanol–water partition coefficient (Wildman–Crippen LogP) is 2.79. The molecule has 1 aromatic carbocycles. The highest BCUT2D eigenvalue weighted by molar-refractivity contribution is 6.32. The number of benzene rings is 1. The summed E-state index contributed by atoms with van der Waals surface area (Å²) >= 11 is 5.91. The molecule has 0 N–H and O–H groups in total. The predicted molar refractivity (Wildman–Crippen MR) is 58.3 cm³/mol. The maximum Gasteiger partial charge on any atom is 0.321 e. The van der Waals surface area contributed by atoms with Crippen molar-refractivity contribution in [3.05, 3.63) is 47.2 Å². The fraction of sp³-hybridized carbons (Fsp3) is 0. The van der Waals surface area contributed by atoms with Crippen LogP contribution in [0.25, 0.3) is 0 Å². The van der Waals surface area contributed by atoms with Gasteiger partial charge in [-0.05, 0) is 18.2 Å². The highest BCUT2D eigenvalue weighted by Gasteiger charge is 2.05. The second kappa shape index (κ2) is 4.60. The van der Waals surface area contributed by atoms with Crippen LogP contribution >= 0.6 is 11.6 Å². The van der Waals surface area contributed by atoms with Gasteiger partial charge in [0.1, 0.15) is 0 Å². The van der Waals surface area contributed by atoms with Gasteiger partial charge in [0.15, 0.2) is 5.75 Å². The molecular formula is C11H6ClN3O. The largest absolute Gasteiger partial charge is 0.423 e. The van der Waals surface area contributed by atoms with Crippen molar-refractivity contribution in [3.63, 3.8) is 0 Å². The van der Waals surface area contributed by atoms with Crippen molar-refractivity contribution >= 4 is 11.6 Å². The Kier molecular flexibility index (Phi) is 2.99. The van der Waals surface area contributed by atoms with Crippen LogP contribution in [0.2, 0.25) is 5.02 Å². The molecule has 0 atom stereocenters. The molecule has 0 bridgehead atoms. The fourth-order valence-corrected chi connectivity index (χ4v) is 1.24. The lowest BCUT2D eigenvalue weighted by Gasteiger charge is -2.04. The van der Waals surface area contributed by atoms with Gasteiger partial charge in [0, 0.05) is 18.5 Å². The van der Waals surface area contributed by atoms with E-state index in [1.807, 2.05) is 6.07 Å². The SMILES string of the molecule is N#Cc1ccc(Cl)c(Oc2ncccn2)c1. The van der Waals surface area contributed by atoms with Crippen LogP contribution in [0.3, 0.4) is 0 Å². The summed E-state index contributed by atoms with van der Waals surface area (Å²) in [6, 6.07) is 8.62. The van der Waals surface area contributed by atoms with E-state index in [9.17, 15) is 0 Å². The highest BCUT2D eigenvalue weighted by Crippen LogP contribution is 2.28. The van der Waals surface area contributed by atoms with Crippen LogP contribution in [0.15, 0.2) is 36.7 Å². The number of aromatic nitrogens is 2. The summed E-state index contributed by atoms with van der Waals surface area (Å²) in [4.78, 5) is 7.79. The Hall–Kier alpha value is -2.12. The van der Waals surface area contributed by atoms with Crippen molar-refractivity contribution < 1.29 is 4.74 Å². The number of hydrogen-bond donors (Lipinski definition) is 0. The van der Waals surface area contributed by atoms with E-state index >= 15 is 0 Å². The van der Waals surface area contributed by atoms with Crippen LogP contribution < -0.4 is 4.74 Å². The molecule has 0 amide bonds. The van der Waals surface area contributed by atoms with Crippen molar-refractivity contribution in [1.82, 2.24) is 9.97 Å². The number of hydrogen-bond acceptors (Lipinski definition) is 4. The molecule has 0 unspecified atom stereocenters. The van der Waals surface area contributed by atoms with Crippen molar-refractivity contribution in [2.24, 2.45) is 0 Å². The third kappa shape index (κ3) is 2.27. The van der Waals surface area contributed by atoms with E-state index in [0.29, 0.717) is 16.3 Å². The van der Waals surface area contributed by atoms with E-state index in [1.54, 1.807) is 36.7 Å². The normalized spacial score (nSPS) is 9.50. The number of halogens is 1. The van der Waals surface area contributed by atoms with Gasteiger partial charge in [-0.25, -0.2) is 9.97 Å². The minimum absolute atomic E-state index is 0.194. The third-order valence-electron chi connectivity index (χ3n) is 1.80. The molecular weight excluding hydrogens is 226 g/mol. The fourth-order valence-electron chi connectivity index (χ4n) is 1.09. The van der Waals surface area contributed by atoms with Crippen LogP contribution in [-0.2, 0) is 0 Å². The van der Waals surface area contributed by atoms with Crippen molar-refractivity contribution in [2.45, 2.75) is 0 Å². The zero-order valence-corrected chi connectivity index (χ0v) is 8.85. The summed E-state index contributed by atoms with van der Waals surface area (Å²) < 4.78 is 5.35. The molecule has 0 radical (unpaired) electrons. The summed E-state index contributed by atoms with van der Waals surface area (Å²) in [5.74, 6) is 0.368. The number of nitrogens with zero attached hydrogens (tertiary/aromatic N) is 3. The Bertz CT molecular complexity index is 537. The molecule has 0 aliphatic heterocycles. The highest BCUT2D eigenvalue weighted by atomic mass is 35.5. The lowest BCUT2D eigenvalue weighted by atomic mass is 10.2. The Morgan fingerprint density at radius 3 is 2.69 bits per heavy atom. The van der Waals surface area contributed by atoms with Gasteiger partial charge in [0.05, 0.1) is 16.7 Å². The van der Waals surface area contributed by atoms with E-state index < -0.39 is 0 Å². The first-order chi connectivity index (χ1) is 7.79. The van der Waals surface area contributed by atoms with Gasteiger partial charge < -0.3 is 4.74 Å². The minimum Gasteiger partial charge on any atom is -0.423 e. The van der Waals surface area contributed by atoms with Crippen molar-refractivity contribution in [3.8, 4) is 17.8 Å². The maximum absolute atomic E-state index is 8.74. The topological polar surface area (TPSA) is 58.8 Å². The summed E-state index contributed by atoms with van der Waals surface area (Å²) in [5.41, 5.74) is 0.468. The molecule has 0 saturated heterocycles. The Balaban J connectivity index is 2.31. The van der Waals surface area contributed by atoms with E-state index in [4.69, 9.17) is 21.6 Å². The van der Waals surface area contributed by atoms with E-state index in [2.05, 4.69) is 9.97 Å². The minimum atomic E-state index is 0.194. The lowest BCUT2D eigenvalue weighted by Crippen LogP contribution is -1.91. The second-order valence-electron chi connectivity index (χ2n) is 2.89. The van der Waals surface area contributed by atoms with E-state index in [-0.39, 0.29) is 6.01 Å². The summed E-state index contributed by atoms with van der Waals surface area (Å²) in [6.45, 7) is 0. The number of rotatable bonds is 2. The Morgan fingerprint density at radius 2 is 2.00 bits per heavy atom. The van der Waals surface area contributed by atoms with Crippen LogP contribution in [0, 0.1) is 11.3 Å². The Labute approximate surface area is 97.1 Å². The van der Waals surface area contributed by atoms with Gasteiger partial charge in [-0.15, -0.1) is 0 Å². The van der Waals surface area contributed by atoms with Crippen molar-refractivity contribution in [1.29, 1.82) is 5.26 Å². The van der Waals surface area contributed by atoms with Crippen LogP contribution in [-0.4, -0.2) is 9.97 Å². The number of ether oxygens (including phenoxy) is 1. The molecule has 5 heteroatoms. The molecule has 0 spiro atoms. The average Bonchev–Trinajstić information content (AvgIpc) is 2.33. The maximum atomic E-state index is 8.74. The molecule has 0 fully saturated rings. The molecule has 4 nitrogen and oxygen atoms in total. The average molecular weight is 232 g/mol. The molecule has 1 heterocycles. The van der Waals surface area contributed by atoms with Gasteiger partial charge in [0.2, 0.25) is 0 Å². The summed E-state index contributed by atoms with van der Waals surface area (Å²) in [6.07, 6.45) is 3.12. The third-order valence-corrected chi connectivity index (χ3v) is 2.12. The van der Waals surface area contributed by atoms with Gasteiger partial charge in [0.25, 0.3) is 0 Å². The smallest absolute Gasteiger partial charge is 0.321 e. The zero-order chi connectivity index (χ0) is 11.4. The van der Waals surface area contributed by atoms with Gasteiger partial charge in [-0.1, -0.05) is 11.6 Å².